The van der Waals surface area contributed by atoms with Gasteiger partial charge < -0.3 is 4.74 Å². The van der Waals surface area contributed by atoms with Gasteiger partial charge in [0.25, 0.3) is 0 Å². The summed E-state index contributed by atoms with van der Waals surface area (Å²) in [7, 11) is -1.27. The molecule has 3 nitrogen and oxygen atoms in total. The minimum atomic E-state index is -1.27. The third kappa shape index (κ3) is 3.96. The van der Waals surface area contributed by atoms with E-state index in [4.69, 9.17) is 4.74 Å². The zero-order valence-electron chi connectivity index (χ0n) is 15.2. The molecule has 0 spiro atoms. The molecule has 2 aliphatic rings. The largest absolute Gasteiger partial charge is 0.455 e. The highest BCUT2D eigenvalue weighted by Crippen LogP contribution is 2.32. The van der Waals surface area contributed by atoms with Gasteiger partial charge in [0.05, 0.1) is 8.07 Å². The summed E-state index contributed by atoms with van der Waals surface area (Å²) in [4.78, 5) is 13.2. The highest BCUT2D eigenvalue weighted by Gasteiger charge is 2.34. The minimum Gasteiger partial charge on any atom is -0.455 e. The molecule has 1 aromatic heterocycles. The number of nitriles is 1. The molecule has 1 fully saturated rings. The zero-order valence-corrected chi connectivity index (χ0v) is 17.0. The first-order valence-corrected chi connectivity index (χ1v) is 12.7. The number of thiophene rings is 1. The van der Waals surface area contributed by atoms with Gasteiger partial charge in [-0.15, -0.1) is 11.3 Å². The van der Waals surface area contributed by atoms with Crippen LogP contribution in [0.2, 0.25) is 18.6 Å². The van der Waals surface area contributed by atoms with Crippen LogP contribution < -0.4 is 4.50 Å². The van der Waals surface area contributed by atoms with Crippen LogP contribution >= 0.6 is 11.3 Å². The average Bonchev–Trinajstić information content (AvgIpc) is 3.02. The lowest BCUT2D eigenvalue weighted by Gasteiger charge is -2.30. The lowest BCUT2D eigenvalue weighted by molar-refractivity contribution is -0.152. The van der Waals surface area contributed by atoms with Gasteiger partial charge >= 0.3 is 5.97 Å². The molecule has 0 unspecified atom stereocenters. The Bertz CT molecular complexity index is 776. The first-order chi connectivity index (χ1) is 11.8. The van der Waals surface area contributed by atoms with E-state index in [9.17, 15) is 10.1 Å². The summed E-state index contributed by atoms with van der Waals surface area (Å²) in [6, 6.07) is 9.30. The van der Waals surface area contributed by atoms with Gasteiger partial charge in [-0.3, -0.25) is 0 Å². The van der Waals surface area contributed by atoms with Gasteiger partial charge in [-0.1, -0.05) is 50.0 Å². The number of ether oxygens (including phenoxy) is 1. The second kappa shape index (κ2) is 6.93. The average molecular weight is 372 g/mol. The Labute approximate surface area is 155 Å². The summed E-state index contributed by atoms with van der Waals surface area (Å²) >= 11 is 1.89. The molecular formula is C20H25NO2SSi. The molecule has 2 aliphatic heterocycles. The van der Waals surface area contributed by atoms with Crippen molar-refractivity contribution >= 4 is 36.0 Å². The van der Waals surface area contributed by atoms with Crippen molar-refractivity contribution in [2.75, 3.05) is 0 Å². The molecule has 0 bridgehead atoms. The van der Waals surface area contributed by atoms with Crippen molar-refractivity contribution in [3.8, 4) is 6.07 Å². The normalized spacial score (nSPS) is 22.7. The quantitative estimate of drug-likeness (QED) is 0.568. The summed E-state index contributed by atoms with van der Waals surface area (Å²) in [5.74, 6) is -0.507. The fourth-order valence-corrected chi connectivity index (χ4v) is 9.71. The molecule has 3 heterocycles. The maximum atomic E-state index is 12.0. The van der Waals surface area contributed by atoms with Crippen LogP contribution in [0.4, 0.5) is 0 Å². The number of cyclic esters (lactones) is 1. The third-order valence-corrected chi connectivity index (χ3v) is 12.2. The lowest BCUT2D eigenvalue weighted by Crippen LogP contribution is -2.44. The van der Waals surface area contributed by atoms with E-state index in [0.717, 1.165) is 5.57 Å². The molecule has 1 aromatic rings. The van der Waals surface area contributed by atoms with Gasteiger partial charge in [0.2, 0.25) is 0 Å². The Balaban J connectivity index is 1.82. The Morgan fingerprint density at radius 2 is 1.96 bits per heavy atom. The Hall–Kier alpha value is -1.64. The Morgan fingerprint density at radius 3 is 2.64 bits per heavy atom. The van der Waals surface area contributed by atoms with E-state index < -0.39 is 19.6 Å². The van der Waals surface area contributed by atoms with E-state index in [-0.39, 0.29) is 5.57 Å². The van der Waals surface area contributed by atoms with Gasteiger partial charge in [-0.25, -0.2) is 4.79 Å². The van der Waals surface area contributed by atoms with Crippen molar-refractivity contribution < 1.29 is 9.53 Å². The lowest BCUT2D eigenvalue weighted by atomic mass is 9.91. The molecule has 0 saturated carbocycles. The molecule has 0 N–H and O–H groups in total. The molecule has 0 amide bonds. The van der Waals surface area contributed by atoms with Gasteiger partial charge in [-0.2, -0.15) is 5.26 Å². The molecule has 25 heavy (non-hydrogen) atoms. The number of carbonyl (C=O) groups excluding carboxylic acids is 1. The van der Waals surface area contributed by atoms with Crippen LogP contribution in [-0.2, 0) is 9.53 Å². The number of rotatable bonds is 3. The number of hydrogen-bond donors (Lipinski definition) is 0. The predicted octanol–water partition coefficient (Wildman–Crippen LogP) is 4.78. The van der Waals surface area contributed by atoms with E-state index in [1.54, 1.807) is 4.50 Å². The molecule has 5 heteroatoms. The van der Waals surface area contributed by atoms with Gasteiger partial charge in [0.15, 0.2) is 0 Å². The molecule has 0 aromatic carbocycles. The van der Waals surface area contributed by atoms with Crippen molar-refractivity contribution in [3.05, 3.63) is 34.2 Å². The monoisotopic (exact) mass is 371 g/mol. The summed E-state index contributed by atoms with van der Waals surface area (Å²) in [6.07, 6.45) is 8.69. The van der Waals surface area contributed by atoms with Crippen LogP contribution in [0.25, 0.3) is 6.08 Å². The van der Waals surface area contributed by atoms with E-state index in [1.807, 2.05) is 37.3 Å². The number of carbonyl (C=O) groups is 1. The van der Waals surface area contributed by atoms with Crippen molar-refractivity contribution in [2.45, 2.75) is 63.8 Å². The summed E-state index contributed by atoms with van der Waals surface area (Å²) in [6.45, 7) is 6.28. The van der Waals surface area contributed by atoms with Crippen molar-refractivity contribution in [2.24, 2.45) is 0 Å². The van der Waals surface area contributed by atoms with E-state index in [1.165, 1.54) is 36.2 Å². The molecule has 0 radical (unpaired) electrons. The van der Waals surface area contributed by atoms with Crippen molar-refractivity contribution in [1.29, 1.82) is 5.26 Å². The predicted molar refractivity (Wildman–Crippen MR) is 105 cm³/mol. The summed E-state index contributed by atoms with van der Waals surface area (Å²) in [5.41, 5.74) is 0.362. The maximum Gasteiger partial charge on any atom is 0.349 e. The standard InChI is InChI=1S/C20H25NO2SSi/c1-20(2)13-15(17(14-21)19(22)23-20)7-8-16-9-10-18(24-16)25(3)11-5-4-6-12-25/h7-10H,4-6,11-13H2,1-3H3/b8-7+. The maximum absolute atomic E-state index is 12.0. The Morgan fingerprint density at radius 1 is 1.24 bits per heavy atom. The Kier molecular flexibility index (Phi) is 5.03. The zero-order chi connectivity index (χ0) is 18.1. The molecule has 132 valence electrons. The van der Waals surface area contributed by atoms with Crippen LogP contribution in [0.3, 0.4) is 0 Å². The van der Waals surface area contributed by atoms with Crippen molar-refractivity contribution in [1.82, 2.24) is 0 Å². The summed E-state index contributed by atoms with van der Waals surface area (Å²) < 4.78 is 6.90. The fraction of sp³-hybridized carbons (Fsp3) is 0.500. The molecular weight excluding hydrogens is 346 g/mol. The van der Waals surface area contributed by atoms with Crippen molar-refractivity contribution in [3.63, 3.8) is 0 Å². The third-order valence-electron chi connectivity index (χ3n) is 5.25. The number of allylic oxidation sites excluding steroid dienone is 1. The van der Waals surface area contributed by atoms with Crippen LogP contribution in [0.1, 0.15) is 44.4 Å². The van der Waals surface area contributed by atoms with E-state index in [2.05, 4.69) is 24.8 Å². The highest BCUT2D eigenvalue weighted by atomic mass is 32.1. The van der Waals surface area contributed by atoms with Crippen LogP contribution in [-0.4, -0.2) is 19.6 Å². The van der Waals surface area contributed by atoms with E-state index in [0.29, 0.717) is 6.42 Å². The molecule has 0 atom stereocenters. The minimum absolute atomic E-state index is 0.140. The smallest absolute Gasteiger partial charge is 0.349 e. The second-order valence-electron chi connectivity index (χ2n) is 7.99. The summed E-state index contributed by atoms with van der Waals surface area (Å²) in [5, 5.41) is 9.27. The number of hydrogen-bond acceptors (Lipinski definition) is 4. The molecule has 0 aliphatic carbocycles. The van der Waals surface area contributed by atoms with Gasteiger partial charge in [-0.05, 0) is 36.1 Å². The van der Waals surface area contributed by atoms with Gasteiger partial charge in [0.1, 0.15) is 17.2 Å². The number of esters is 1. The second-order valence-corrected chi connectivity index (χ2v) is 14.1. The van der Waals surface area contributed by atoms with Crippen LogP contribution in [0.5, 0.6) is 0 Å². The van der Waals surface area contributed by atoms with Crippen LogP contribution in [0, 0.1) is 11.3 Å². The van der Waals surface area contributed by atoms with Crippen LogP contribution in [0.15, 0.2) is 29.4 Å². The number of nitrogens with zero attached hydrogens (tertiary/aromatic N) is 1. The molecule has 3 rings (SSSR count). The van der Waals surface area contributed by atoms with E-state index >= 15 is 0 Å². The first kappa shape index (κ1) is 18.2. The van der Waals surface area contributed by atoms with Gasteiger partial charge in [0, 0.05) is 11.3 Å². The SMILES string of the molecule is CC1(C)CC(/C=C/c2ccc([Si]3(C)CCCCC3)s2)=C(C#N)C(=O)O1. The fourth-order valence-electron chi connectivity index (χ4n) is 3.80. The highest BCUT2D eigenvalue weighted by molar-refractivity contribution is 7.27. The topological polar surface area (TPSA) is 50.1 Å². The molecule has 1 saturated heterocycles. The first-order valence-electron chi connectivity index (χ1n) is 8.98.